The summed E-state index contributed by atoms with van der Waals surface area (Å²) < 4.78 is 13.2. The fourth-order valence-electron chi connectivity index (χ4n) is 3.68. The van der Waals surface area contributed by atoms with Crippen molar-refractivity contribution in [3.8, 4) is 0 Å². The van der Waals surface area contributed by atoms with Gasteiger partial charge in [0.15, 0.2) is 0 Å². The summed E-state index contributed by atoms with van der Waals surface area (Å²) in [5, 5.41) is 4.07. The van der Waals surface area contributed by atoms with Gasteiger partial charge in [0.2, 0.25) is 5.91 Å². The van der Waals surface area contributed by atoms with Crippen molar-refractivity contribution in [2.24, 2.45) is 5.92 Å². The summed E-state index contributed by atoms with van der Waals surface area (Å²) >= 11 is 1.74. The van der Waals surface area contributed by atoms with E-state index in [9.17, 15) is 9.18 Å². The van der Waals surface area contributed by atoms with E-state index in [1.165, 1.54) is 34.6 Å². The van der Waals surface area contributed by atoms with E-state index >= 15 is 0 Å². The number of anilines is 1. The summed E-state index contributed by atoms with van der Waals surface area (Å²) in [5.41, 5.74) is 3.77. The van der Waals surface area contributed by atoms with E-state index in [0.717, 1.165) is 23.4 Å². The number of fused-ring (bicyclic) bond motifs is 3. The van der Waals surface area contributed by atoms with Gasteiger partial charge in [-0.25, -0.2) is 4.39 Å². The van der Waals surface area contributed by atoms with Crippen LogP contribution in [-0.4, -0.2) is 5.91 Å². The number of carbonyl (C=O) groups is 1. The zero-order chi connectivity index (χ0) is 15.3. The Morgan fingerprint density at radius 1 is 1.23 bits per heavy atom. The lowest BCUT2D eigenvalue weighted by Gasteiger charge is -2.26. The van der Waals surface area contributed by atoms with Gasteiger partial charge in [-0.1, -0.05) is 19.1 Å². The monoisotopic (exact) mass is 315 g/mol. The van der Waals surface area contributed by atoms with Crippen molar-refractivity contribution < 1.29 is 9.18 Å². The lowest BCUT2D eigenvalue weighted by Crippen LogP contribution is -2.23. The second-order valence-electron chi connectivity index (χ2n) is 6.45. The van der Waals surface area contributed by atoms with E-state index in [1.807, 2.05) is 12.1 Å². The fourth-order valence-corrected chi connectivity index (χ4v) is 5.17. The summed E-state index contributed by atoms with van der Waals surface area (Å²) in [4.78, 5) is 13.5. The third-order valence-electron chi connectivity index (χ3n) is 4.82. The first-order chi connectivity index (χ1) is 10.6. The van der Waals surface area contributed by atoms with Gasteiger partial charge in [0, 0.05) is 17.2 Å². The van der Waals surface area contributed by atoms with Crippen LogP contribution < -0.4 is 5.32 Å². The van der Waals surface area contributed by atoms with Crippen molar-refractivity contribution in [3.05, 3.63) is 51.7 Å². The van der Waals surface area contributed by atoms with E-state index in [2.05, 4.69) is 12.2 Å². The van der Waals surface area contributed by atoms with Crippen molar-refractivity contribution >= 4 is 22.2 Å². The Labute approximate surface area is 133 Å². The SMILES string of the molecule is C[C@@H]1CCc2c(sc3c2[C@H](c2ccc(F)cc2)CC(=O)N3)C1. The molecule has 0 unspecified atom stereocenters. The number of thiophene rings is 1. The van der Waals surface area contributed by atoms with Crippen LogP contribution in [0.2, 0.25) is 0 Å². The Hall–Kier alpha value is -1.68. The summed E-state index contributed by atoms with van der Waals surface area (Å²) in [6.07, 6.45) is 3.87. The van der Waals surface area contributed by atoms with Crippen LogP contribution in [0.3, 0.4) is 0 Å². The quantitative estimate of drug-likeness (QED) is 0.825. The smallest absolute Gasteiger partial charge is 0.225 e. The van der Waals surface area contributed by atoms with E-state index < -0.39 is 0 Å². The van der Waals surface area contributed by atoms with Crippen molar-refractivity contribution in [1.29, 1.82) is 0 Å². The van der Waals surface area contributed by atoms with Gasteiger partial charge < -0.3 is 5.32 Å². The van der Waals surface area contributed by atoms with Crippen LogP contribution >= 0.6 is 11.3 Å². The Bertz CT molecular complexity index is 734. The minimum Gasteiger partial charge on any atom is -0.317 e. The van der Waals surface area contributed by atoms with E-state index in [1.54, 1.807) is 11.3 Å². The standard InChI is InChI=1S/C18H18FNOS/c1-10-2-7-13-15(8-10)22-18-17(13)14(9-16(21)20-18)11-3-5-12(19)6-4-11/h3-6,10,14H,2,7-9H2,1H3,(H,20,21)/t10-,14+/m1/s1. The molecule has 0 spiro atoms. The molecule has 0 saturated carbocycles. The minimum absolute atomic E-state index is 0.0634. The van der Waals surface area contributed by atoms with Gasteiger partial charge in [-0.15, -0.1) is 11.3 Å². The highest BCUT2D eigenvalue weighted by Crippen LogP contribution is 2.48. The lowest BCUT2D eigenvalue weighted by molar-refractivity contribution is -0.116. The van der Waals surface area contributed by atoms with Crippen LogP contribution in [0.1, 0.15) is 47.3 Å². The number of rotatable bonds is 1. The largest absolute Gasteiger partial charge is 0.317 e. The van der Waals surface area contributed by atoms with Gasteiger partial charge in [-0.2, -0.15) is 0 Å². The van der Waals surface area contributed by atoms with Crippen LogP contribution in [0.25, 0.3) is 0 Å². The molecule has 114 valence electrons. The van der Waals surface area contributed by atoms with Gasteiger partial charge in [0.25, 0.3) is 0 Å². The number of hydrogen-bond acceptors (Lipinski definition) is 2. The molecule has 0 radical (unpaired) electrons. The van der Waals surface area contributed by atoms with Gasteiger partial charge in [-0.3, -0.25) is 4.79 Å². The second-order valence-corrected chi connectivity index (χ2v) is 7.56. The maximum atomic E-state index is 13.2. The molecule has 1 amide bonds. The summed E-state index contributed by atoms with van der Waals surface area (Å²) in [7, 11) is 0. The molecular formula is C18H18FNOS. The first-order valence-electron chi connectivity index (χ1n) is 7.81. The van der Waals surface area contributed by atoms with Crippen LogP contribution in [0.5, 0.6) is 0 Å². The summed E-state index contributed by atoms with van der Waals surface area (Å²) in [6, 6.07) is 6.61. The fraction of sp³-hybridized carbons (Fsp3) is 0.389. The van der Waals surface area contributed by atoms with Crippen molar-refractivity contribution in [2.75, 3.05) is 5.32 Å². The molecule has 2 atom stereocenters. The summed E-state index contributed by atoms with van der Waals surface area (Å²) in [6.45, 7) is 2.29. The average molecular weight is 315 g/mol. The molecule has 0 bridgehead atoms. The molecule has 1 aliphatic heterocycles. The molecule has 2 heterocycles. The Morgan fingerprint density at radius 2 is 2.00 bits per heavy atom. The normalized spacial score (nSPS) is 23.6. The van der Waals surface area contributed by atoms with Gasteiger partial charge in [0.1, 0.15) is 5.82 Å². The molecule has 1 N–H and O–H groups in total. The maximum Gasteiger partial charge on any atom is 0.225 e. The molecule has 1 aliphatic carbocycles. The highest BCUT2D eigenvalue weighted by Gasteiger charge is 2.34. The Morgan fingerprint density at radius 3 is 2.77 bits per heavy atom. The average Bonchev–Trinajstić information content (AvgIpc) is 2.84. The first kappa shape index (κ1) is 13.9. The molecule has 4 heteroatoms. The third kappa shape index (κ3) is 2.26. The molecular weight excluding hydrogens is 297 g/mol. The Balaban J connectivity index is 1.82. The minimum atomic E-state index is -0.231. The van der Waals surface area contributed by atoms with E-state index in [-0.39, 0.29) is 17.6 Å². The predicted octanol–water partition coefficient (Wildman–Crippen LogP) is 4.49. The maximum absolute atomic E-state index is 13.2. The highest BCUT2D eigenvalue weighted by molar-refractivity contribution is 7.16. The molecule has 0 fully saturated rings. The van der Waals surface area contributed by atoms with Gasteiger partial charge in [0.05, 0.1) is 5.00 Å². The van der Waals surface area contributed by atoms with Crippen LogP contribution in [-0.2, 0) is 17.6 Å². The van der Waals surface area contributed by atoms with Crippen molar-refractivity contribution in [2.45, 2.75) is 38.5 Å². The van der Waals surface area contributed by atoms with Gasteiger partial charge in [-0.05, 0) is 54.0 Å². The zero-order valence-electron chi connectivity index (χ0n) is 12.5. The molecule has 22 heavy (non-hydrogen) atoms. The second kappa shape index (κ2) is 5.20. The van der Waals surface area contributed by atoms with Crippen LogP contribution in [0, 0.1) is 11.7 Å². The van der Waals surface area contributed by atoms with Crippen LogP contribution in [0.4, 0.5) is 9.39 Å². The van der Waals surface area contributed by atoms with Crippen molar-refractivity contribution in [3.63, 3.8) is 0 Å². The number of benzene rings is 1. The molecule has 2 aliphatic rings. The third-order valence-corrected chi connectivity index (χ3v) is 6.00. The molecule has 0 saturated heterocycles. The number of halogens is 1. The lowest BCUT2D eigenvalue weighted by atomic mass is 9.80. The molecule has 1 aromatic carbocycles. The Kier molecular flexibility index (Phi) is 3.30. The molecule has 2 aromatic rings. The molecule has 1 aromatic heterocycles. The van der Waals surface area contributed by atoms with Crippen molar-refractivity contribution in [1.82, 2.24) is 0 Å². The van der Waals surface area contributed by atoms with Crippen LogP contribution in [0.15, 0.2) is 24.3 Å². The molecule has 2 nitrogen and oxygen atoms in total. The van der Waals surface area contributed by atoms with E-state index in [4.69, 9.17) is 0 Å². The predicted molar refractivity (Wildman–Crippen MR) is 87.0 cm³/mol. The van der Waals surface area contributed by atoms with E-state index in [0.29, 0.717) is 12.3 Å². The highest BCUT2D eigenvalue weighted by atomic mass is 32.1. The number of carbonyl (C=O) groups excluding carboxylic acids is 1. The number of hydrogen-bond donors (Lipinski definition) is 1. The number of amides is 1. The zero-order valence-corrected chi connectivity index (χ0v) is 13.3. The molecule has 4 rings (SSSR count). The number of nitrogens with one attached hydrogen (secondary N) is 1. The summed E-state index contributed by atoms with van der Waals surface area (Å²) in [5.74, 6) is 0.615. The topological polar surface area (TPSA) is 29.1 Å². The first-order valence-corrected chi connectivity index (χ1v) is 8.63. The van der Waals surface area contributed by atoms with Gasteiger partial charge >= 0.3 is 0 Å².